The van der Waals surface area contributed by atoms with Crippen molar-refractivity contribution < 1.29 is 14.5 Å². The molecule has 2 aromatic carbocycles. The van der Waals surface area contributed by atoms with Gasteiger partial charge in [-0.2, -0.15) is 0 Å². The lowest BCUT2D eigenvalue weighted by atomic mass is 9.96. The molecular formula is C20H25N3O4. The molecule has 2 aromatic rings. The molecule has 0 saturated carbocycles. The average molecular weight is 371 g/mol. The van der Waals surface area contributed by atoms with Crippen LogP contribution in [0.4, 0.5) is 11.4 Å². The highest BCUT2D eigenvalue weighted by atomic mass is 16.6. The lowest BCUT2D eigenvalue weighted by molar-refractivity contribution is -0.385. The zero-order chi connectivity index (χ0) is 20.0. The SMILES string of the molecule is COc1cc(NC(=O)CN[C@H](c2ccccc2)C(C)C)c(C)cc1[N+](=O)[O-]. The first-order valence-corrected chi connectivity index (χ1v) is 8.74. The van der Waals surface area contributed by atoms with Gasteiger partial charge in [-0.25, -0.2) is 0 Å². The Morgan fingerprint density at radius 2 is 1.89 bits per heavy atom. The summed E-state index contributed by atoms with van der Waals surface area (Å²) in [6, 6.07) is 12.9. The molecule has 7 nitrogen and oxygen atoms in total. The Morgan fingerprint density at radius 3 is 2.44 bits per heavy atom. The summed E-state index contributed by atoms with van der Waals surface area (Å²) in [5, 5.41) is 17.1. The summed E-state index contributed by atoms with van der Waals surface area (Å²) < 4.78 is 5.06. The van der Waals surface area contributed by atoms with Crippen LogP contribution >= 0.6 is 0 Å². The average Bonchev–Trinajstić information content (AvgIpc) is 2.63. The molecule has 0 spiro atoms. The number of nitrogens with one attached hydrogen (secondary N) is 2. The van der Waals surface area contributed by atoms with Gasteiger partial charge in [0.1, 0.15) is 0 Å². The van der Waals surface area contributed by atoms with E-state index >= 15 is 0 Å². The van der Waals surface area contributed by atoms with Crippen LogP contribution in [0.3, 0.4) is 0 Å². The molecule has 2 N–H and O–H groups in total. The van der Waals surface area contributed by atoms with E-state index in [9.17, 15) is 14.9 Å². The Labute approximate surface area is 158 Å². The van der Waals surface area contributed by atoms with Crippen LogP contribution in [-0.4, -0.2) is 24.5 Å². The zero-order valence-corrected chi connectivity index (χ0v) is 16.0. The minimum Gasteiger partial charge on any atom is -0.490 e. The van der Waals surface area contributed by atoms with Gasteiger partial charge in [-0.1, -0.05) is 44.2 Å². The quantitative estimate of drug-likeness (QED) is 0.543. The fraction of sp³-hybridized carbons (Fsp3) is 0.350. The zero-order valence-electron chi connectivity index (χ0n) is 16.0. The molecule has 1 amide bonds. The van der Waals surface area contributed by atoms with Crippen molar-refractivity contribution in [1.29, 1.82) is 0 Å². The van der Waals surface area contributed by atoms with Gasteiger partial charge in [0, 0.05) is 23.9 Å². The topological polar surface area (TPSA) is 93.5 Å². The molecule has 0 heterocycles. The number of hydrogen-bond donors (Lipinski definition) is 2. The number of aryl methyl sites for hydroxylation is 1. The van der Waals surface area contributed by atoms with Gasteiger partial charge in [-0.05, 0) is 24.0 Å². The number of hydrogen-bond acceptors (Lipinski definition) is 5. The summed E-state index contributed by atoms with van der Waals surface area (Å²) >= 11 is 0. The van der Waals surface area contributed by atoms with Crippen LogP contribution in [-0.2, 0) is 4.79 Å². The van der Waals surface area contributed by atoms with Crippen molar-refractivity contribution in [1.82, 2.24) is 5.32 Å². The number of nitro benzene ring substituents is 1. The predicted octanol–water partition coefficient (Wildman–Crippen LogP) is 3.84. The maximum absolute atomic E-state index is 12.4. The van der Waals surface area contributed by atoms with Crippen molar-refractivity contribution in [3.05, 3.63) is 63.7 Å². The Balaban J connectivity index is 2.08. The summed E-state index contributed by atoms with van der Waals surface area (Å²) in [4.78, 5) is 23.0. The molecule has 0 saturated heterocycles. The molecule has 0 unspecified atom stereocenters. The van der Waals surface area contributed by atoms with E-state index in [-0.39, 0.29) is 29.9 Å². The monoisotopic (exact) mass is 371 g/mol. The number of anilines is 1. The van der Waals surface area contributed by atoms with Crippen LogP contribution in [0.2, 0.25) is 0 Å². The van der Waals surface area contributed by atoms with E-state index in [1.54, 1.807) is 6.92 Å². The Morgan fingerprint density at radius 1 is 1.22 bits per heavy atom. The van der Waals surface area contributed by atoms with E-state index in [1.807, 2.05) is 30.3 Å². The van der Waals surface area contributed by atoms with Gasteiger partial charge < -0.3 is 15.4 Å². The van der Waals surface area contributed by atoms with Gasteiger partial charge in [0.05, 0.1) is 18.6 Å². The van der Waals surface area contributed by atoms with Crippen molar-refractivity contribution in [2.45, 2.75) is 26.8 Å². The molecule has 0 aliphatic heterocycles. The first-order chi connectivity index (χ1) is 12.8. The fourth-order valence-corrected chi connectivity index (χ4v) is 2.91. The van der Waals surface area contributed by atoms with E-state index in [2.05, 4.69) is 24.5 Å². The number of methoxy groups -OCH3 is 1. The van der Waals surface area contributed by atoms with Crippen molar-refractivity contribution in [3.8, 4) is 5.75 Å². The largest absolute Gasteiger partial charge is 0.490 e. The molecular weight excluding hydrogens is 346 g/mol. The number of ether oxygens (including phenoxy) is 1. The standard InChI is InChI=1S/C20H25N3O4/c1-13(2)20(15-8-6-5-7-9-15)21-12-19(24)22-16-11-18(27-4)17(23(25)26)10-14(16)3/h5-11,13,20-21H,12H2,1-4H3,(H,22,24)/t20-/m0/s1. The number of carbonyl (C=O) groups excluding carboxylic acids is 1. The summed E-state index contributed by atoms with van der Waals surface area (Å²) in [5.41, 5.74) is 2.08. The van der Waals surface area contributed by atoms with Gasteiger partial charge in [-0.15, -0.1) is 0 Å². The predicted molar refractivity (Wildman–Crippen MR) is 105 cm³/mol. The van der Waals surface area contributed by atoms with E-state index in [0.29, 0.717) is 17.2 Å². The molecule has 2 rings (SSSR count). The second kappa shape index (κ2) is 9.14. The number of rotatable bonds is 8. The lowest BCUT2D eigenvalue weighted by Gasteiger charge is -2.23. The number of carbonyl (C=O) groups is 1. The van der Waals surface area contributed by atoms with Crippen LogP contribution in [0.1, 0.15) is 31.0 Å². The minimum absolute atomic E-state index is 0.0458. The lowest BCUT2D eigenvalue weighted by Crippen LogP contribution is -2.33. The van der Waals surface area contributed by atoms with Crippen molar-refractivity contribution in [3.63, 3.8) is 0 Å². The van der Waals surface area contributed by atoms with Crippen LogP contribution in [0.25, 0.3) is 0 Å². The van der Waals surface area contributed by atoms with Gasteiger partial charge in [0.25, 0.3) is 0 Å². The number of amides is 1. The number of nitrogens with zero attached hydrogens (tertiary/aromatic N) is 1. The van der Waals surface area contributed by atoms with Crippen LogP contribution < -0.4 is 15.4 Å². The summed E-state index contributed by atoms with van der Waals surface area (Å²) in [7, 11) is 1.36. The third-order valence-electron chi connectivity index (χ3n) is 4.30. The summed E-state index contributed by atoms with van der Waals surface area (Å²) in [6.07, 6.45) is 0. The van der Waals surface area contributed by atoms with E-state index in [4.69, 9.17) is 4.74 Å². The fourth-order valence-electron chi connectivity index (χ4n) is 2.91. The Hall–Kier alpha value is -2.93. The second-order valence-electron chi connectivity index (χ2n) is 6.66. The minimum atomic E-state index is -0.508. The molecule has 27 heavy (non-hydrogen) atoms. The maximum atomic E-state index is 12.4. The molecule has 0 radical (unpaired) electrons. The summed E-state index contributed by atoms with van der Waals surface area (Å²) in [5.74, 6) is 0.190. The third-order valence-corrected chi connectivity index (χ3v) is 4.30. The summed E-state index contributed by atoms with van der Waals surface area (Å²) in [6.45, 7) is 6.01. The molecule has 0 aliphatic rings. The molecule has 144 valence electrons. The molecule has 0 aromatic heterocycles. The van der Waals surface area contributed by atoms with E-state index in [1.165, 1.54) is 19.2 Å². The molecule has 0 aliphatic carbocycles. The Bertz CT molecular complexity index is 806. The van der Waals surface area contributed by atoms with Crippen molar-refractivity contribution in [2.75, 3.05) is 19.0 Å². The Kier molecular flexibility index (Phi) is 6.90. The molecule has 7 heteroatoms. The van der Waals surface area contributed by atoms with Crippen molar-refractivity contribution in [2.24, 2.45) is 5.92 Å². The number of nitro groups is 1. The molecule has 0 bridgehead atoms. The van der Waals surface area contributed by atoms with Gasteiger partial charge >= 0.3 is 5.69 Å². The van der Waals surface area contributed by atoms with Crippen LogP contribution in [0, 0.1) is 23.0 Å². The van der Waals surface area contributed by atoms with E-state index in [0.717, 1.165) is 5.56 Å². The highest BCUT2D eigenvalue weighted by Gasteiger charge is 2.19. The first kappa shape index (κ1) is 20.4. The van der Waals surface area contributed by atoms with Gasteiger partial charge in [-0.3, -0.25) is 14.9 Å². The van der Waals surface area contributed by atoms with Gasteiger partial charge in [0.15, 0.2) is 5.75 Å². The molecule has 1 atom stereocenters. The highest BCUT2D eigenvalue weighted by Crippen LogP contribution is 2.32. The van der Waals surface area contributed by atoms with Gasteiger partial charge in [0.2, 0.25) is 5.91 Å². The third kappa shape index (κ3) is 5.27. The van der Waals surface area contributed by atoms with E-state index < -0.39 is 4.92 Å². The number of benzene rings is 2. The van der Waals surface area contributed by atoms with Crippen LogP contribution in [0.15, 0.2) is 42.5 Å². The van der Waals surface area contributed by atoms with Crippen molar-refractivity contribution >= 4 is 17.3 Å². The van der Waals surface area contributed by atoms with Crippen LogP contribution in [0.5, 0.6) is 5.75 Å². The smallest absolute Gasteiger partial charge is 0.311 e. The second-order valence-corrected chi connectivity index (χ2v) is 6.66. The first-order valence-electron chi connectivity index (χ1n) is 8.74. The highest BCUT2D eigenvalue weighted by molar-refractivity contribution is 5.93. The molecule has 0 fully saturated rings. The normalized spacial score (nSPS) is 11.9. The maximum Gasteiger partial charge on any atom is 0.311 e.